The van der Waals surface area contributed by atoms with Crippen LogP contribution in [0.1, 0.15) is 21.5 Å². The molecule has 4 aromatic rings. The molecule has 0 saturated heterocycles. The van der Waals surface area contributed by atoms with Gasteiger partial charge in [0, 0.05) is 30.7 Å². The molecule has 155 valence electrons. The second-order valence-corrected chi connectivity index (χ2v) is 6.96. The highest BCUT2D eigenvalue weighted by atomic mass is 16.5. The Morgan fingerprint density at radius 1 is 1.06 bits per heavy atom. The summed E-state index contributed by atoms with van der Waals surface area (Å²) >= 11 is 0. The van der Waals surface area contributed by atoms with Crippen molar-refractivity contribution in [2.75, 3.05) is 12.0 Å². The summed E-state index contributed by atoms with van der Waals surface area (Å²) in [5, 5.41) is 9.65. The Bertz CT molecular complexity index is 1120. The van der Waals surface area contributed by atoms with Crippen molar-refractivity contribution in [1.29, 1.82) is 0 Å². The average molecular weight is 414 g/mol. The summed E-state index contributed by atoms with van der Waals surface area (Å²) in [6.45, 7) is 1.22. The van der Waals surface area contributed by atoms with E-state index in [-0.39, 0.29) is 5.88 Å². The maximum atomic E-state index is 12.3. The van der Waals surface area contributed by atoms with Gasteiger partial charge in [0.1, 0.15) is 0 Å². The van der Waals surface area contributed by atoms with Crippen LogP contribution in [0.15, 0.2) is 72.9 Å². The van der Waals surface area contributed by atoms with E-state index in [1.54, 1.807) is 6.07 Å². The number of benzene rings is 2. The van der Waals surface area contributed by atoms with Gasteiger partial charge in [-0.25, -0.2) is 9.78 Å². The van der Waals surface area contributed by atoms with Gasteiger partial charge in [0.25, 0.3) is 0 Å². The zero-order valence-corrected chi connectivity index (χ0v) is 17.0. The number of pyridine rings is 1. The molecule has 2 N–H and O–H groups in total. The number of hydrogen-bond acceptors (Lipinski definition) is 6. The molecule has 0 amide bonds. The van der Waals surface area contributed by atoms with E-state index in [0.29, 0.717) is 43.1 Å². The van der Waals surface area contributed by atoms with Crippen LogP contribution in [0, 0.1) is 0 Å². The lowest BCUT2D eigenvalue weighted by molar-refractivity contribution is 0.0602. The van der Waals surface area contributed by atoms with Crippen molar-refractivity contribution in [3.05, 3.63) is 89.6 Å². The summed E-state index contributed by atoms with van der Waals surface area (Å²) in [5.74, 6) is 0.444. The van der Waals surface area contributed by atoms with E-state index in [0.717, 1.165) is 11.1 Å². The molecular weight excluding hydrogens is 393 g/mol. The molecule has 0 aliphatic carbocycles. The van der Waals surface area contributed by atoms with Gasteiger partial charge in [-0.2, -0.15) is 0 Å². The standard InChI is InChI=1S/C23H21BN3O4/c1-30-23(28)19-13-25-22(21-18(19)12-20(26-21)31-24-29)27(14-16-8-4-2-5-9-16)15-17-10-6-3-7-11-17/h2-13,26,29H,14-15H2,1H3. The fourth-order valence-corrected chi connectivity index (χ4v) is 3.52. The number of methoxy groups -OCH3 is 1. The van der Waals surface area contributed by atoms with E-state index in [4.69, 9.17) is 14.4 Å². The van der Waals surface area contributed by atoms with E-state index >= 15 is 0 Å². The fourth-order valence-electron chi connectivity index (χ4n) is 3.52. The SMILES string of the molecule is COC(=O)c1cnc(N(Cc2ccccc2)Cc2ccccc2)c2[nH]c(O[B]O)cc12. The van der Waals surface area contributed by atoms with E-state index in [1.807, 2.05) is 36.4 Å². The first-order chi connectivity index (χ1) is 15.2. The van der Waals surface area contributed by atoms with Gasteiger partial charge < -0.3 is 24.3 Å². The number of aromatic amines is 1. The minimum Gasteiger partial charge on any atom is -0.525 e. The summed E-state index contributed by atoms with van der Waals surface area (Å²) < 4.78 is 10.0. The maximum Gasteiger partial charge on any atom is 0.570 e. The van der Waals surface area contributed by atoms with Crippen molar-refractivity contribution in [2.24, 2.45) is 0 Å². The molecule has 0 fully saturated rings. The minimum atomic E-state index is -0.500. The molecular formula is C23H21BN3O4. The Morgan fingerprint density at radius 3 is 2.23 bits per heavy atom. The van der Waals surface area contributed by atoms with Gasteiger partial charge in [-0.1, -0.05) is 60.7 Å². The first-order valence-electron chi connectivity index (χ1n) is 9.75. The van der Waals surface area contributed by atoms with Crippen LogP contribution in [0.2, 0.25) is 0 Å². The monoisotopic (exact) mass is 414 g/mol. The lowest BCUT2D eigenvalue weighted by Gasteiger charge is -2.25. The normalized spacial score (nSPS) is 10.6. The number of fused-ring (bicyclic) bond motifs is 1. The highest BCUT2D eigenvalue weighted by molar-refractivity contribution is 6.17. The number of carbonyl (C=O) groups is 1. The van der Waals surface area contributed by atoms with Crippen LogP contribution in [0.4, 0.5) is 5.82 Å². The molecule has 7 nitrogen and oxygen atoms in total. The van der Waals surface area contributed by atoms with Crippen molar-refractivity contribution in [1.82, 2.24) is 9.97 Å². The Balaban J connectivity index is 1.82. The summed E-state index contributed by atoms with van der Waals surface area (Å²) in [5.41, 5.74) is 3.17. The number of H-pyrrole nitrogens is 1. The van der Waals surface area contributed by atoms with Crippen LogP contribution < -0.4 is 9.55 Å². The highest BCUT2D eigenvalue weighted by Crippen LogP contribution is 2.32. The predicted molar refractivity (Wildman–Crippen MR) is 119 cm³/mol. The number of anilines is 1. The molecule has 0 aliphatic heterocycles. The highest BCUT2D eigenvalue weighted by Gasteiger charge is 2.21. The summed E-state index contributed by atoms with van der Waals surface area (Å²) in [6, 6.07) is 21.8. The van der Waals surface area contributed by atoms with Crippen molar-refractivity contribution >= 4 is 30.4 Å². The number of rotatable bonds is 8. The van der Waals surface area contributed by atoms with Crippen LogP contribution in [-0.4, -0.2) is 35.8 Å². The number of hydrogen-bond donors (Lipinski definition) is 2. The van der Waals surface area contributed by atoms with Gasteiger partial charge >= 0.3 is 13.7 Å². The first-order valence-corrected chi connectivity index (χ1v) is 9.75. The van der Waals surface area contributed by atoms with Gasteiger partial charge in [0.15, 0.2) is 11.7 Å². The van der Waals surface area contributed by atoms with E-state index < -0.39 is 5.97 Å². The van der Waals surface area contributed by atoms with Crippen molar-refractivity contribution in [3.8, 4) is 5.88 Å². The average Bonchev–Trinajstić information content (AvgIpc) is 3.23. The molecule has 1 radical (unpaired) electrons. The molecule has 0 aliphatic rings. The Labute approximate surface area is 180 Å². The van der Waals surface area contributed by atoms with E-state index in [2.05, 4.69) is 39.1 Å². The van der Waals surface area contributed by atoms with Crippen LogP contribution in [-0.2, 0) is 17.8 Å². The third-order valence-corrected chi connectivity index (χ3v) is 4.94. The van der Waals surface area contributed by atoms with Gasteiger partial charge in [0.2, 0.25) is 0 Å². The van der Waals surface area contributed by atoms with Crippen LogP contribution in [0.5, 0.6) is 5.88 Å². The second-order valence-electron chi connectivity index (χ2n) is 6.96. The van der Waals surface area contributed by atoms with Crippen molar-refractivity contribution in [3.63, 3.8) is 0 Å². The molecule has 31 heavy (non-hydrogen) atoms. The second kappa shape index (κ2) is 9.36. The van der Waals surface area contributed by atoms with Crippen LogP contribution in [0.25, 0.3) is 10.9 Å². The molecule has 8 heteroatoms. The molecule has 0 spiro atoms. The smallest absolute Gasteiger partial charge is 0.525 e. The maximum absolute atomic E-state index is 12.3. The lowest BCUT2D eigenvalue weighted by atomic mass is 10.1. The molecule has 0 atom stereocenters. The van der Waals surface area contributed by atoms with Crippen molar-refractivity contribution < 1.29 is 19.2 Å². The van der Waals surface area contributed by atoms with E-state index in [1.165, 1.54) is 13.3 Å². The number of nitrogens with one attached hydrogen (secondary N) is 1. The Hall–Kier alpha value is -3.78. The number of esters is 1. The third-order valence-electron chi connectivity index (χ3n) is 4.94. The lowest BCUT2D eigenvalue weighted by Crippen LogP contribution is -2.24. The zero-order valence-electron chi connectivity index (χ0n) is 17.0. The number of nitrogens with zero attached hydrogens (tertiary/aromatic N) is 2. The Morgan fingerprint density at radius 2 is 1.68 bits per heavy atom. The van der Waals surface area contributed by atoms with E-state index in [9.17, 15) is 4.79 Å². The molecule has 2 aromatic heterocycles. The molecule has 2 heterocycles. The van der Waals surface area contributed by atoms with Gasteiger partial charge in [0.05, 0.1) is 18.2 Å². The summed E-state index contributed by atoms with van der Waals surface area (Å²) in [7, 11) is 1.91. The molecule has 2 aromatic carbocycles. The first kappa shape index (κ1) is 20.5. The quantitative estimate of drug-likeness (QED) is 0.339. The molecule has 0 saturated carbocycles. The topological polar surface area (TPSA) is 87.7 Å². The molecule has 0 bridgehead atoms. The summed E-state index contributed by atoms with van der Waals surface area (Å²) in [4.78, 5) is 22.1. The summed E-state index contributed by atoms with van der Waals surface area (Å²) in [6.07, 6.45) is 1.51. The molecule has 4 rings (SSSR count). The largest absolute Gasteiger partial charge is 0.570 e. The minimum absolute atomic E-state index is 0.288. The number of aromatic nitrogens is 2. The van der Waals surface area contributed by atoms with Gasteiger partial charge in [-0.15, -0.1) is 0 Å². The van der Waals surface area contributed by atoms with Crippen molar-refractivity contribution in [2.45, 2.75) is 13.1 Å². The van der Waals surface area contributed by atoms with Crippen LogP contribution in [0.3, 0.4) is 0 Å². The fraction of sp³-hybridized carbons (Fsp3) is 0.130. The predicted octanol–water partition coefficient (Wildman–Crippen LogP) is 3.46. The van der Waals surface area contributed by atoms with Gasteiger partial charge in [-0.05, 0) is 11.1 Å². The number of carbonyl (C=O) groups excluding carboxylic acids is 1. The van der Waals surface area contributed by atoms with Crippen LogP contribution >= 0.6 is 0 Å². The zero-order chi connectivity index (χ0) is 21.6. The third kappa shape index (κ3) is 4.54. The van der Waals surface area contributed by atoms with Gasteiger partial charge in [-0.3, -0.25) is 0 Å². The number of ether oxygens (including phenoxy) is 1. The molecule has 0 unspecified atom stereocenters. The Kier molecular flexibility index (Phi) is 6.19.